The summed E-state index contributed by atoms with van der Waals surface area (Å²) in [6.07, 6.45) is 10.1. The third kappa shape index (κ3) is 8.84. The normalized spacial score (nSPS) is 15.0. The van der Waals surface area contributed by atoms with Crippen LogP contribution in [-0.2, 0) is 25.3 Å². The maximum Gasteiger partial charge on any atom is 0.185 e. The van der Waals surface area contributed by atoms with Gasteiger partial charge in [0.25, 0.3) is 0 Å². The minimum absolute atomic E-state index is 0.0697. The molecule has 1 fully saturated rings. The van der Waals surface area contributed by atoms with Crippen LogP contribution in [0, 0.1) is 11.6 Å². The van der Waals surface area contributed by atoms with E-state index in [0.29, 0.717) is 17.0 Å². The SMILES string of the molecule is CCCCN1CCN(c2ccc(C(=O)/C=C/c3ccc(OCc4cn(CC(O)(Cn5cncn5)c5ccc(F)cc5F)nn4)cc3)cc2)CC1. The zero-order chi connectivity index (χ0) is 34.9. The number of aliphatic hydroxyl groups is 1. The van der Waals surface area contributed by atoms with E-state index < -0.39 is 17.2 Å². The topological polar surface area (TPSA) is 114 Å². The number of carbonyl (C=O) groups excluding carboxylic acids is 1. The molecule has 1 aliphatic heterocycles. The maximum atomic E-state index is 14.8. The largest absolute Gasteiger partial charge is 0.487 e. The van der Waals surface area contributed by atoms with Crippen LogP contribution in [-0.4, -0.2) is 78.3 Å². The fraction of sp³-hybridized carbons (Fsp3) is 0.324. The molecule has 3 aromatic carbocycles. The van der Waals surface area contributed by atoms with Crippen molar-refractivity contribution in [2.45, 2.75) is 45.1 Å². The van der Waals surface area contributed by atoms with Crippen LogP contribution in [0.1, 0.15) is 46.9 Å². The number of hydrogen-bond acceptors (Lipinski definition) is 9. The lowest BCUT2D eigenvalue weighted by molar-refractivity contribution is -0.00892. The Morgan fingerprint density at radius 2 is 1.74 bits per heavy atom. The van der Waals surface area contributed by atoms with Crippen molar-refractivity contribution in [2.75, 3.05) is 37.6 Å². The van der Waals surface area contributed by atoms with Crippen molar-refractivity contribution in [3.8, 4) is 5.75 Å². The fourth-order valence-electron chi connectivity index (χ4n) is 5.97. The van der Waals surface area contributed by atoms with Crippen LogP contribution in [0.5, 0.6) is 5.75 Å². The number of unbranched alkanes of at least 4 members (excludes halogenated alkanes) is 1. The number of halogens is 2. The molecule has 1 aliphatic rings. The van der Waals surface area contributed by atoms with Crippen molar-refractivity contribution >= 4 is 17.5 Å². The number of aromatic nitrogens is 6. The third-order valence-corrected chi connectivity index (χ3v) is 8.74. The molecule has 1 atom stereocenters. The highest BCUT2D eigenvalue weighted by atomic mass is 19.1. The van der Waals surface area contributed by atoms with Gasteiger partial charge < -0.3 is 14.7 Å². The number of anilines is 1. The molecule has 1 unspecified atom stereocenters. The van der Waals surface area contributed by atoms with E-state index in [4.69, 9.17) is 4.74 Å². The Kier molecular flexibility index (Phi) is 11.0. The Bertz CT molecular complexity index is 1870. The summed E-state index contributed by atoms with van der Waals surface area (Å²) in [4.78, 5) is 21.6. The molecule has 0 amide bonds. The number of rotatable bonds is 15. The summed E-state index contributed by atoms with van der Waals surface area (Å²) < 4.78 is 37.0. The molecule has 5 aromatic rings. The summed E-state index contributed by atoms with van der Waals surface area (Å²) in [5, 5.41) is 23.8. The first kappa shape index (κ1) is 34.6. The molecule has 3 heterocycles. The monoisotopic (exact) mass is 682 g/mol. The molecular weight excluding hydrogens is 642 g/mol. The van der Waals surface area contributed by atoms with Crippen molar-refractivity contribution in [1.29, 1.82) is 0 Å². The van der Waals surface area contributed by atoms with Crippen LogP contribution in [0.15, 0.2) is 91.7 Å². The van der Waals surface area contributed by atoms with E-state index in [1.165, 1.54) is 40.9 Å². The first-order valence-electron chi connectivity index (χ1n) is 16.7. The summed E-state index contributed by atoms with van der Waals surface area (Å²) in [6.45, 7) is 7.24. The van der Waals surface area contributed by atoms with E-state index in [9.17, 15) is 18.7 Å². The lowest BCUT2D eigenvalue weighted by Gasteiger charge is -2.36. The predicted molar refractivity (Wildman–Crippen MR) is 184 cm³/mol. The lowest BCUT2D eigenvalue weighted by atomic mass is 9.93. The molecule has 0 radical (unpaired) electrons. The molecule has 0 bridgehead atoms. The van der Waals surface area contributed by atoms with Gasteiger partial charge in [0.05, 0.1) is 19.3 Å². The summed E-state index contributed by atoms with van der Waals surface area (Å²) in [5.41, 5.74) is 1.15. The Balaban J connectivity index is 1.01. The van der Waals surface area contributed by atoms with Gasteiger partial charge in [-0.2, -0.15) is 5.10 Å². The van der Waals surface area contributed by atoms with Crippen LogP contribution in [0.25, 0.3) is 6.08 Å². The van der Waals surface area contributed by atoms with Crippen molar-refractivity contribution in [2.24, 2.45) is 0 Å². The van der Waals surface area contributed by atoms with Gasteiger partial charge in [-0.25, -0.2) is 23.1 Å². The van der Waals surface area contributed by atoms with Crippen molar-refractivity contribution in [3.63, 3.8) is 0 Å². The van der Waals surface area contributed by atoms with Crippen LogP contribution in [0.2, 0.25) is 0 Å². The predicted octanol–water partition coefficient (Wildman–Crippen LogP) is 5.13. The number of ketones is 1. The molecule has 6 rings (SSSR count). The average Bonchev–Trinajstić information content (AvgIpc) is 3.81. The Hall–Kier alpha value is -5.27. The quantitative estimate of drug-likeness (QED) is 0.119. The van der Waals surface area contributed by atoms with Crippen molar-refractivity contribution in [3.05, 3.63) is 126 Å². The number of ether oxygens (including phenoxy) is 1. The minimum Gasteiger partial charge on any atom is -0.487 e. The van der Waals surface area contributed by atoms with Gasteiger partial charge >= 0.3 is 0 Å². The molecular formula is C37H40F2N8O3. The van der Waals surface area contributed by atoms with Crippen molar-refractivity contribution < 1.29 is 23.4 Å². The van der Waals surface area contributed by atoms with Crippen molar-refractivity contribution in [1.82, 2.24) is 34.7 Å². The maximum absolute atomic E-state index is 14.8. The molecule has 13 heteroatoms. The van der Waals surface area contributed by atoms with Gasteiger partial charge in [-0.05, 0) is 67.1 Å². The Morgan fingerprint density at radius 3 is 2.44 bits per heavy atom. The van der Waals surface area contributed by atoms with Gasteiger partial charge in [-0.15, -0.1) is 5.10 Å². The van der Waals surface area contributed by atoms with Gasteiger partial charge in [0.15, 0.2) is 5.78 Å². The molecule has 11 nitrogen and oxygen atoms in total. The molecule has 0 spiro atoms. The number of allylic oxidation sites excluding steroid dienone is 1. The molecule has 50 heavy (non-hydrogen) atoms. The highest BCUT2D eigenvalue weighted by Crippen LogP contribution is 2.28. The standard InChI is InChI=1S/C37H40F2N8O3/c1-2-3-16-44-17-19-45(20-18-44)32-10-7-29(8-11-32)36(48)15-6-28-4-12-33(13-5-28)50-23-31-22-46(43-42-31)24-37(49,25-47-27-40-26-41-47)34-14-9-30(38)21-35(34)39/h4-15,21-22,26-27,49H,2-3,16-20,23-25H2,1H3/b15-6+. The fourth-order valence-corrected chi connectivity index (χ4v) is 5.97. The minimum atomic E-state index is -1.84. The van der Waals surface area contributed by atoms with E-state index in [2.05, 4.69) is 37.1 Å². The van der Waals surface area contributed by atoms with Crippen LogP contribution < -0.4 is 9.64 Å². The first-order chi connectivity index (χ1) is 24.3. The summed E-state index contributed by atoms with van der Waals surface area (Å²) >= 11 is 0. The van der Waals surface area contributed by atoms with E-state index in [1.807, 2.05) is 36.4 Å². The summed E-state index contributed by atoms with van der Waals surface area (Å²) in [5.74, 6) is -1.13. The van der Waals surface area contributed by atoms with Gasteiger partial charge in [0.1, 0.15) is 47.9 Å². The van der Waals surface area contributed by atoms with Gasteiger partial charge in [-0.1, -0.05) is 42.8 Å². The first-order valence-corrected chi connectivity index (χ1v) is 16.7. The number of nitrogens with zero attached hydrogens (tertiary/aromatic N) is 8. The smallest absolute Gasteiger partial charge is 0.185 e. The molecule has 0 aliphatic carbocycles. The van der Waals surface area contributed by atoms with E-state index in [-0.39, 0.29) is 31.0 Å². The number of carbonyl (C=O) groups is 1. The Labute approximate surface area is 289 Å². The average molecular weight is 683 g/mol. The Morgan fingerprint density at radius 1 is 0.980 bits per heavy atom. The third-order valence-electron chi connectivity index (χ3n) is 8.74. The molecule has 1 saturated heterocycles. The van der Waals surface area contributed by atoms with E-state index in [0.717, 1.165) is 56.1 Å². The highest BCUT2D eigenvalue weighted by molar-refractivity contribution is 6.07. The van der Waals surface area contributed by atoms with E-state index >= 15 is 0 Å². The molecule has 0 saturated carbocycles. The number of benzene rings is 3. The van der Waals surface area contributed by atoms with Gasteiger partial charge in [0, 0.05) is 49.1 Å². The second kappa shape index (κ2) is 16.0. The molecule has 1 N–H and O–H groups in total. The second-order valence-electron chi connectivity index (χ2n) is 12.4. The van der Waals surface area contributed by atoms with Gasteiger partial charge in [-0.3, -0.25) is 9.69 Å². The van der Waals surface area contributed by atoms with Crippen LogP contribution in [0.4, 0.5) is 14.5 Å². The van der Waals surface area contributed by atoms with Crippen LogP contribution in [0.3, 0.4) is 0 Å². The second-order valence-corrected chi connectivity index (χ2v) is 12.4. The number of hydrogen-bond donors (Lipinski definition) is 1. The zero-order valence-electron chi connectivity index (χ0n) is 27.9. The summed E-state index contributed by atoms with van der Waals surface area (Å²) in [6, 6.07) is 18.1. The van der Waals surface area contributed by atoms with E-state index in [1.54, 1.807) is 30.5 Å². The van der Waals surface area contributed by atoms with Gasteiger partial charge in [0.2, 0.25) is 0 Å². The zero-order valence-corrected chi connectivity index (χ0v) is 27.9. The molecule has 2 aromatic heterocycles. The summed E-state index contributed by atoms with van der Waals surface area (Å²) in [7, 11) is 0. The highest BCUT2D eigenvalue weighted by Gasteiger charge is 2.35. The lowest BCUT2D eigenvalue weighted by Crippen LogP contribution is -2.46. The van der Waals surface area contributed by atoms with Crippen LogP contribution >= 0.6 is 0 Å². The number of piperazine rings is 1. The molecule has 260 valence electrons.